The van der Waals surface area contributed by atoms with Crippen molar-refractivity contribution in [1.29, 1.82) is 0 Å². The number of nitrogens with one attached hydrogen (secondary N) is 2. The Morgan fingerprint density at radius 2 is 2.12 bits per heavy atom. The van der Waals surface area contributed by atoms with Crippen LogP contribution in [0.3, 0.4) is 0 Å². The number of carbonyl (C=O) groups excluding carboxylic acids is 1. The van der Waals surface area contributed by atoms with Crippen LogP contribution in [0.15, 0.2) is 28.7 Å². The molecular formula is C11H13BrN2O3. The minimum atomic E-state index is -0.862. The number of hydrogen-bond donors (Lipinski definition) is 3. The van der Waals surface area contributed by atoms with Crippen LogP contribution < -0.4 is 10.6 Å². The number of hydrogen-bond acceptors (Lipinski definition) is 2. The molecule has 5 nitrogen and oxygen atoms in total. The Morgan fingerprint density at radius 3 is 2.76 bits per heavy atom. The molecule has 17 heavy (non-hydrogen) atoms. The van der Waals surface area contributed by atoms with E-state index in [0.29, 0.717) is 18.7 Å². The Morgan fingerprint density at radius 1 is 1.35 bits per heavy atom. The number of amides is 2. The summed E-state index contributed by atoms with van der Waals surface area (Å²) in [6.45, 7) is 0.339. The highest BCUT2D eigenvalue weighted by molar-refractivity contribution is 9.10. The Balaban J connectivity index is 2.27. The summed E-state index contributed by atoms with van der Waals surface area (Å²) in [5.41, 5.74) is 0.676. The van der Waals surface area contributed by atoms with Gasteiger partial charge in [0.15, 0.2) is 0 Å². The lowest BCUT2D eigenvalue weighted by Crippen LogP contribution is -2.29. The van der Waals surface area contributed by atoms with E-state index < -0.39 is 5.97 Å². The molecule has 1 aromatic rings. The molecule has 1 rings (SSSR count). The molecule has 6 heteroatoms. The third-order valence-corrected chi connectivity index (χ3v) is 2.43. The van der Waals surface area contributed by atoms with Gasteiger partial charge in [-0.2, -0.15) is 0 Å². The van der Waals surface area contributed by atoms with Crippen molar-refractivity contribution < 1.29 is 14.7 Å². The lowest BCUT2D eigenvalue weighted by molar-refractivity contribution is -0.137. The second-order valence-electron chi connectivity index (χ2n) is 3.39. The van der Waals surface area contributed by atoms with Crippen molar-refractivity contribution in [1.82, 2.24) is 5.32 Å². The van der Waals surface area contributed by atoms with Gasteiger partial charge >= 0.3 is 12.0 Å². The lowest BCUT2D eigenvalue weighted by Gasteiger charge is -2.07. The fourth-order valence-electron chi connectivity index (χ4n) is 1.18. The molecule has 0 saturated heterocycles. The molecule has 92 valence electrons. The lowest BCUT2D eigenvalue weighted by atomic mass is 10.3. The van der Waals surface area contributed by atoms with Gasteiger partial charge in [-0.3, -0.25) is 4.79 Å². The largest absolute Gasteiger partial charge is 0.481 e. The fourth-order valence-corrected chi connectivity index (χ4v) is 1.58. The van der Waals surface area contributed by atoms with Gasteiger partial charge in [0.25, 0.3) is 0 Å². The quantitative estimate of drug-likeness (QED) is 0.731. The normalized spacial score (nSPS) is 9.71. The number of carboxylic acids is 1. The van der Waals surface area contributed by atoms with Crippen molar-refractivity contribution in [3.63, 3.8) is 0 Å². The van der Waals surface area contributed by atoms with E-state index in [0.717, 1.165) is 4.47 Å². The van der Waals surface area contributed by atoms with Crippen LogP contribution >= 0.6 is 15.9 Å². The number of anilines is 1. The smallest absolute Gasteiger partial charge is 0.319 e. The van der Waals surface area contributed by atoms with Crippen LogP contribution in [0.4, 0.5) is 10.5 Å². The highest BCUT2D eigenvalue weighted by Gasteiger charge is 2.02. The average molecular weight is 301 g/mol. The first-order valence-corrected chi connectivity index (χ1v) is 5.89. The van der Waals surface area contributed by atoms with Crippen molar-refractivity contribution in [3.8, 4) is 0 Å². The summed E-state index contributed by atoms with van der Waals surface area (Å²) in [4.78, 5) is 21.6. The van der Waals surface area contributed by atoms with E-state index in [1.54, 1.807) is 12.1 Å². The summed E-state index contributed by atoms with van der Waals surface area (Å²) in [5.74, 6) is -0.862. The number of aliphatic carboxylic acids is 1. The summed E-state index contributed by atoms with van der Waals surface area (Å²) >= 11 is 3.29. The van der Waals surface area contributed by atoms with Crippen molar-refractivity contribution >= 4 is 33.6 Å². The van der Waals surface area contributed by atoms with Crippen LogP contribution in [-0.4, -0.2) is 23.7 Å². The third-order valence-electron chi connectivity index (χ3n) is 1.94. The van der Waals surface area contributed by atoms with Gasteiger partial charge in [0, 0.05) is 23.1 Å². The van der Waals surface area contributed by atoms with Crippen LogP contribution in [0.5, 0.6) is 0 Å². The first-order chi connectivity index (χ1) is 8.08. The number of halogens is 1. The van der Waals surface area contributed by atoms with E-state index >= 15 is 0 Å². The molecule has 0 spiro atoms. The van der Waals surface area contributed by atoms with Crippen molar-refractivity contribution in [2.75, 3.05) is 11.9 Å². The Labute approximate surface area is 107 Å². The predicted molar refractivity (Wildman–Crippen MR) is 68.0 cm³/mol. The molecular weight excluding hydrogens is 288 g/mol. The molecule has 0 radical (unpaired) electrons. The molecule has 0 bridgehead atoms. The summed E-state index contributed by atoms with van der Waals surface area (Å²) in [6, 6.07) is 6.87. The van der Waals surface area contributed by atoms with Gasteiger partial charge in [-0.25, -0.2) is 4.79 Å². The van der Waals surface area contributed by atoms with Crippen LogP contribution in [0.2, 0.25) is 0 Å². The van der Waals surface area contributed by atoms with E-state index in [2.05, 4.69) is 26.6 Å². The second-order valence-corrected chi connectivity index (χ2v) is 4.30. The summed E-state index contributed by atoms with van der Waals surface area (Å²) in [5, 5.41) is 13.6. The summed E-state index contributed by atoms with van der Waals surface area (Å²) in [6.07, 6.45) is 0.471. The highest BCUT2D eigenvalue weighted by Crippen LogP contribution is 2.15. The van der Waals surface area contributed by atoms with E-state index in [1.165, 1.54) is 0 Å². The summed E-state index contributed by atoms with van der Waals surface area (Å²) < 4.78 is 0.876. The number of carbonyl (C=O) groups is 2. The van der Waals surface area contributed by atoms with Crippen LogP contribution in [-0.2, 0) is 4.79 Å². The van der Waals surface area contributed by atoms with Crippen molar-refractivity contribution in [2.45, 2.75) is 12.8 Å². The molecule has 0 fully saturated rings. The number of urea groups is 1. The van der Waals surface area contributed by atoms with E-state index in [9.17, 15) is 9.59 Å². The van der Waals surface area contributed by atoms with Gasteiger partial charge in [-0.1, -0.05) is 22.0 Å². The first-order valence-electron chi connectivity index (χ1n) is 5.10. The standard InChI is InChI=1S/C11H13BrN2O3/c12-8-3-1-4-9(7-8)14-11(17)13-6-2-5-10(15)16/h1,3-4,7H,2,5-6H2,(H,15,16)(H2,13,14,17). The maximum atomic E-state index is 11.4. The molecule has 1 aromatic carbocycles. The Hall–Kier alpha value is -1.56. The molecule has 3 N–H and O–H groups in total. The Bertz CT molecular complexity index is 409. The monoisotopic (exact) mass is 300 g/mol. The molecule has 0 aliphatic heterocycles. The molecule has 0 aliphatic carbocycles. The Kier molecular flexibility index (Phi) is 5.48. The zero-order chi connectivity index (χ0) is 12.7. The SMILES string of the molecule is O=C(O)CCCNC(=O)Nc1cccc(Br)c1. The van der Waals surface area contributed by atoms with E-state index in [1.807, 2.05) is 12.1 Å². The van der Waals surface area contributed by atoms with Crippen molar-refractivity contribution in [3.05, 3.63) is 28.7 Å². The van der Waals surface area contributed by atoms with E-state index in [4.69, 9.17) is 5.11 Å². The van der Waals surface area contributed by atoms with Crippen LogP contribution in [0, 0.1) is 0 Å². The third kappa shape index (κ3) is 5.91. The maximum Gasteiger partial charge on any atom is 0.319 e. The van der Waals surface area contributed by atoms with Gasteiger partial charge < -0.3 is 15.7 Å². The zero-order valence-electron chi connectivity index (χ0n) is 9.07. The minimum Gasteiger partial charge on any atom is -0.481 e. The second kappa shape index (κ2) is 6.90. The molecule has 0 saturated carbocycles. The highest BCUT2D eigenvalue weighted by atomic mass is 79.9. The van der Waals surface area contributed by atoms with Crippen LogP contribution in [0.25, 0.3) is 0 Å². The van der Waals surface area contributed by atoms with E-state index in [-0.39, 0.29) is 12.5 Å². The molecule has 0 atom stereocenters. The minimum absolute atomic E-state index is 0.0527. The predicted octanol–water partition coefficient (Wildman–Crippen LogP) is 2.44. The number of benzene rings is 1. The molecule has 0 heterocycles. The number of rotatable bonds is 5. The molecule has 2 amide bonds. The van der Waals surface area contributed by atoms with Crippen molar-refractivity contribution in [2.24, 2.45) is 0 Å². The first kappa shape index (κ1) is 13.5. The summed E-state index contributed by atoms with van der Waals surface area (Å²) in [7, 11) is 0. The van der Waals surface area contributed by atoms with Gasteiger partial charge in [0.05, 0.1) is 0 Å². The number of carboxylic acid groups (broad SMARTS) is 1. The fraction of sp³-hybridized carbons (Fsp3) is 0.273. The van der Waals surface area contributed by atoms with Gasteiger partial charge in [-0.05, 0) is 24.6 Å². The molecule has 0 aliphatic rings. The van der Waals surface area contributed by atoms with Gasteiger partial charge in [0.2, 0.25) is 0 Å². The van der Waals surface area contributed by atoms with Gasteiger partial charge in [0.1, 0.15) is 0 Å². The van der Waals surface area contributed by atoms with Gasteiger partial charge in [-0.15, -0.1) is 0 Å². The maximum absolute atomic E-state index is 11.4. The molecule has 0 aromatic heterocycles. The molecule has 0 unspecified atom stereocenters. The average Bonchev–Trinajstić information content (AvgIpc) is 2.24. The zero-order valence-corrected chi connectivity index (χ0v) is 10.7. The topological polar surface area (TPSA) is 78.4 Å². The van der Waals surface area contributed by atoms with Crippen LogP contribution in [0.1, 0.15) is 12.8 Å².